The molecule has 2 aromatic rings. The Balaban J connectivity index is 1.93. The lowest BCUT2D eigenvalue weighted by molar-refractivity contribution is -0.130. The smallest absolute Gasteiger partial charge is 0.343 e. The molecule has 0 unspecified atom stereocenters. The summed E-state index contributed by atoms with van der Waals surface area (Å²) < 4.78 is 5.28. The topological polar surface area (TPSA) is 26.3 Å². The Morgan fingerprint density at radius 1 is 0.952 bits per heavy atom. The number of carbonyl (C=O) groups is 1. The first-order valence-electron chi connectivity index (χ1n) is 6.29. The molecule has 21 heavy (non-hydrogen) atoms. The van der Waals surface area contributed by atoms with Gasteiger partial charge in [-0.3, -0.25) is 0 Å². The third kappa shape index (κ3) is 3.18. The summed E-state index contributed by atoms with van der Waals surface area (Å²) in [4.78, 5) is 11.9. The summed E-state index contributed by atoms with van der Waals surface area (Å²) in [5.41, 5.74) is 2.15. The van der Waals surface area contributed by atoms with Crippen LogP contribution in [0.4, 0.5) is 0 Å². The van der Waals surface area contributed by atoms with Crippen molar-refractivity contribution in [1.29, 1.82) is 0 Å². The van der Waals surface area contributed by atoms with Crippen molar-refractivity contribution in [3.8, 4) is 0 Å². The van der Waals surface area contributed by atoms with E-state index in [4.69, 9.17) is 27.9 Å². The van der Waals surface area contributed by atoms with Crippen LogP contribution in [0.2, 0.25) is 10.0 Å². The van der Waals surface area contributed by atoms with Crippen molar-refractivity contribution >= 4 is 41.0 Å². The van der Waals surface area contributed by atoms with Crippen LogP contribution in [0.3, 0.4) is 0 Å². The summed E-state index contributed by atoms with van der Waals surface area (Å²) in [7, 11) is 0. The maximum atomic E-state index is 11.9. The van der Waals surface area contributed by atoms with Gasteiger partial charge >= 0.3 is 5.97 Å². The number of halogens is 2. The van der Waals surface area contributed by atoms with E-state index < -0.39 is 0 Å². The van der Waals surface area contributed by atoms with E-state index >= 15 is 0 Å². The minimum atomic E-state index is -0.375. The normalized spacial score (nSPS) is 16.0. The van der Waals surface area contributed by atoms with Crippen molar-refractivity contribution in [3.05, 3.63) is 81.4 Å². The van der Waals surface area contributed by atoms with E-state index in [1.54, 1.807) is 36.4 Å². The maximum absolute atomic E-state index is 11.9. The molecule has 0 fully saturated rings. The van der Waals surface area contributed by atoms with Crippen LogP contribution in [0.15, 0.2) is 60.2 Å². The fourth-order valence-corrected chi connectivity index (χ4v) is 2.35. The third-order valence-electron chi connectivity index (χ3n) is 3.02. The fourth-order valence-electron chi connectivity index (χ4n) is 2.02. The molecule has 0 atom stereocenters. The molecular formula is C17H10Cl2O2. The van der Waals surface area contributed by atoms with E-state index in [0.717, 1.165) is 11.1 Å². The molecule has 0 aromatic heterocycles. The molecule has 1 aliphatic rings. The Morgan fingerprint density at radius 3 is 2.43 bits per heavy atom. The Labute approximate surface area is 132 Å². The van der Waals surface area contributed by atoms with Crippen molar-refractivity contribution in [2.24, 2.45) is 0 Å². The second-order valence-electron chi connectivity index (χ2n) is 4.56. The third-order valence-corrected chi connectivity index (χ3v) is 3.51. The first kappa shape index (κ1) is 13.9. The zero-order chi connectivity index (χ0) is 14.8. The number of esters is 1. The summed E-state index contributed by atoms with van der Waals surface area (Å²) in [5.74, 6) is 0.143. The molecule has 2 aromatic carbocycles. The van der Waals surface area contributed by atoms with E-state index in [0.29, 0.717) is 21.4 Å². The number of hydrogen-bond acceptors (Lipinski definition) is 2. The van der Waals surface area contributed by atoms with Crippen LogP contribution in [0, 0.1) is 0 Å². The van der Waals surface area contributed by atoms with Crippen molar-refractivity contribution in [2.45, 2.75) is 0 Å². The molecule has 0 spiro atoms. The van der Waals surface area contributed by atoms with Gasteiger partial charge in [-0.1, -0.05) is 35.3 Å². The Morgan fingerprint density at radius 2 is 1.71 bits per heavy atom. The predicted octanol–water partition coefficient (Wildman–Crippen LogP) is 4.97. The molecule has 1 aliphatic heterocycles. The molecule has 104 valence electrons. The van der Waals surface area contributed by atoms with Crippen LogP contribution in [0.5, 0.6) is 0 Å². The van der Waals surface area contributed by atoms with Crippen LogP contribution in [-0.4, -0.2) is 5.97 Å². The molecule has 4 heteroatoms. The van der Waals surface area contributed by atoms with E-state index in [1.165, 1.54) is 0 Å². The minimum Gasteiger partial charge on any atom is -0.422 e. The highest BCUT2D eigenvalue weighted by atomic mass is 35.5. The number of carbonyl (C=O) groups excluding carboxylic acids is 1. The van der Waals surface area contributed by atoms with Crippen LogP contribution in [-0.2, 0) is 9.53 Å². The molecule has 0 bridgehead atoms. The molecule has 0 amide bonds. The van der Waals surface area contributed by atoms with Gasteiger partial charge in [0, 0.05) is 15.6 Å². The largest absolute Gasteiger partial charge is 0.422 e. The molecule has 0 saturated heterocycles. The zero-order valence-electron chi connectivity index (χ0n) is 10.8. The van der Waals surface area contributed by atoms with Gasteiger partial charge in [-0.15, -0.1) is 0 Å². The maximum Gasteiger partial charge on any atom is 0.343 e. The first-order valence-corrected chi connectivity index (χ1v) is 7.04. The van der Waals surface area contributed by atoms with Crippen LogP contribution >= 0.6 is 23.2 Å². The molecule has 3 rings (SSSR count). The van der Waals surface area contributed by atoms with E-state index in [2.05, 4.69) is 0 Å². The Bertz CT molecular complexity index is 759. The van der Waals surface area contributed by atoms with Crippen molar-refractivity contribution < 1.29 is 9.53 Å². The van der Waals surface area contributed by atoms with Gasteiger partial charge in [0.1, 0.15) is 5.76 Å². The van der Waals surface area contributed by atoms with E-state index in [9.17, 15) is 4.79 Å². The number of benzene rings is 2. The second kappa shape index (κ2) is 5.76. The van der Waals surface area contributed by atoms with E-state index in [1.807, 2.05) is 24.3 Å². The van der Waals surface area contributed by atoms with Crippen LogP contribution in [0.25, 0.3) is 11.8 Å². The molecule has 2 nitrogen and oxygen atoms in total. The summed E-state index contributed by atoms with van der Waals surface area (Å²) in [5, 5.41) is 1.26. The number of ether oxygens (including phenoxy) is 1. The predicted molar refractivity (Wildman–Crippen MR) is 85.0 cm³/mol. The van der Waals surface area contributed by atoms with Gasteiger partial charge in [-0.05, 0) is 54.1 Å². The molecule has 1 heterocycles. The molecule has 0 radical (unpaired) electrons. The zero-order valence-corrected chi connectivity index (χ0v) is 12.4. The van der Waals surface area contributed by atoms with Gasteiger partial charge in [-0.25, -0.2) is 4.79 Å². The van der Waals surface area contributed by atoms with Crippen LogP contribution in [0.1, 0.15) is 11.1 Å². The number of hydrogen-bond donors (Lipinski definition) is 0. The average Bonchev–Trinajstić information content (AvgIpc) is 2.81. The first-order chi connectivity index (χ1) is 10.1. The Hall–Kier alpha value is -2.03. The van der Waals surface area contributed by atoms with Crippen molar-refractivity contribution in [1.82, 2.24) is 0 Å². The summed E-state index contributed by atoms with van der Waals surface area (Å²) in [6.07, 6.45) is 3.46. The van der Waals surface area contributed by atoms with Gasteiger partial charge in [0.05, 0.1) is 5.57 Å². The summed E-state index contributed by atoms with van der Waals surface area (Å²) in [6, 6.07) is 14.4. The highest BCUT2D eigenvalue weighted by molar-refractivity contribution is 6.31. The quantitative estimate of drug-likeness (QED) is 0.577. The molecular weight excluding hydrogens is 307 g/mol. The highest BCUT2D eigenvalue weighted by Crippen LogP contribution is 2.28. The molecule has 0 aliphatic carbocycles. The monoisotopic (exact) mass is 316 g/mol. The van der Waals surface area contributed by atoms with Gasteiger partial charge in [0.15, 0.2) is 0 Å². The van der Waals surface area contributed by atoms with Gasteiger partial charge in [0.2, 0.25) is 0 Å². The lowest BCUT2D eigenvalue weighted by Crippen LogP contribution is -1.97. The molecule has 0 N–H and O–H groups in total. The highest BCUT2D eigenvalue weighted by Gasteiger charge is 2.21. The average molecular weight is 317 g/mol. The van der Waals surface area contributed by atoms with Crippen molar-refractivity contribution in [3.63, 3.8) is 0 Å². The minimum absolute atomic E-state index is 0.375. The summed E-state index contributed by atoms with van der Waals surface area (Å²) >= 11 is 11.8. The van der Waals surface area contributed by atoms with E-state index in [-0.39, 0.29) is 5.97 Å². The number of rotatable bonds is 2. The summed E-state index contributed by atoms with van der Waals surface area (Å²) in [6.45, 7) is 0. The van der Waals surface area contributed by atoms with Crippen LogP contribution < -0.4 is 0 Å². The van der Waals surface area contributed by atoms with Gasteiger partial charge < -0.3 is 4.74 Å². The van der Waals surface area contributed by atoms with Crippen molar-refractivity contribution in [2.75, 3.05) is 0 Å². The number of cyclic esters (lactones) is 1. The standard InChI is InChI=1S/C17H10Cl2O2/c18-14-6-4-12(5-7-14)16-10-13(17(20)21-16)8-11-2-1-3-15(19)9-11/h1-10H/b13-8+. The lowest BCUT2D eigenvalue weighted by atomic mass is 10.1. The lowest BCUT2D eigenvalue weighted by Gasteiger charge is -2.01. The molecule has 0 saturated carbocycles. The fraction of sp³-hybridized carbons (Fsp3) is 0. The second-order valence-corrected chi connectivity index (χ2v) is 5.43. The van der Waals surface area contributed by atoms with Gasteiger partial charge in [0.25, 0.3) is 0 Å². The van der Waals surface area contributed by atoms with Gasteiger partial charge in [-0.2, -0.15) is 0 Å². The Kier molecular flexibility index (Phi) is 3.82. The SMILES string of the molecule is O=C1OC(c2ccc(Cl)cc2)=C/C1=C\c1cccc(Cl)c1.